The number of nitrogens with two attached hydrogens (primary N) is 1. The number of amides is 2. The highest BCUT2D eigenvalue weighted by molar-refractivity contribution is 6.32. The van der Waals surface area contributed by atoms with Crippen LogP contribution in [0.1, 0.15) is 28.8 Å². The molecule has 0 heterocycles. The van der Waals surface area contributed by atoms with E-state index in [1.54, 1.807) is 0 Å². The minimum atomic E-state index is -0.634. The number of hydrogen-bond donors (Lipinski definition) is 2. The molecule has 0 aliphatic heterocycles. The van der Waals surface area contributed by atoms with Gasteiger partial charge in [-0.25, -0.2) is 0 Å². The molecule has 6 nitrogen and oxygen atoms in total. The Hall–Kier alpha value is -2.73. The van der Waals surface area contributed by atoms with Crippen molar-refractivity contribution in [2.24, 2.45) is 5.73 Å². The number of ether oxygens (including phenoxy) is 2. The molecule has 3 N–H and O–H groups in total. The third kappa shape index (κ3) is 4.34. The first-order valence-electron chi connectivity index (χ1n) is 8.57. The van der Waals surface area contributed by atoms with Crippen molar-refractivity contribution in [3.63, 3.8) is 0 Å². The molecule has 7 heteroatoms. The molecule has 0 saturated heterocycles. The molecule has 27 heavy (non-hydrogen) atoms. The van der Waals surface area contributed by atoms with E-state index in [0.29, 0.717) is 12.1 Å². The molecular formula is C20H21ClN2O4. The van der Waals surface area contributed by atoms with Crippen LogP contribution in [0, 0.1) is 0 Å². The molecule has 0 aromatic heterocycles. The van der Waals surface area contributed by atoms with Crippen LogP contribution in [0.3, 0.4) is 0 Å². The molecule has 0 bridgehead atoms. The predicted octanol–water partition coefficient (Wildman–Crippen LogP) is 2.67. The predicted molar refractivity (Wildman–Crippen MR) is 102 cm³/mol. The molecule has 0 unspecified atom stereocenters. The number of rotatable bonds is 8. The summed E-state index contributed by atoms with van der Waals surface area (Å²) in [5.41, 5.74) is 6.68. The van der Waals surface area contributed by atoms with Crippen molar-refractivity contribution in [3.05, 3.63) is 58.6 Å². The fraction of sp³-hybridized carbons (Fsp3) is 0.300. The summed E-state index contributed by atoms with van der Waals surface area (Å²) in [6, 6.07) is 13.2. The van der Waals surface area contributed by atoms with Gasteiger partial charge in [0.1, 0.15) is 0 Å². The smallest absolute Gasteiger partial charge is 0.255 e. The van der Waals surface area contributed by atoms with E-state index >= 15 is 0 Å². The zero-order valence-corrected chi connectivity index (χ0v) is 15.7. The normalized spacial score (nSPS) is 14.3. The van der Waals surface area contributed by atoms with Crippen LogP contribution in [-0.2, 0) is 10.2 Å². The summed E-state index contributed by atoms with van der Waals surface area (Å²) in [5, 5.41) is 3.15. The van der Waals surface area contributed by atoms with Crippen molar-refractivity contribution in [2.45, 2.75) is 18.3 Å². The average Bonchev–Trinajstić information content (AvgIpc) is 3.46. The number of benzene rings is 2. The maximum atomic E-state index is 12.6. The number of halogens is 1. The second-order valence-electron chi connectivity index (χ2n) is 6.57. The molecule has 0 radical (unpaired) electrons. The van der Waals surface area contributed by atoms with Gasteiger partial charge in [-0.3, -0.25) is 9.59 Å². The molecule has 1 aliphatic rings. The van der Waals surface area contributed by atoms with Crippen LogP contribution < -0.4 is 20.5 Å². The Morgan fingerprint density at radius 3 is 2.52 bits per heavy atom. The number of hydrogen-bond acceptors (Lipinski definition) is 4. The van der Waals surface area contributed by atoms with E-state index in [1.807, 2.05) is 18.2 Å². The Labute approximate surface area is 162 Å². The van der Waals surface area contributed by atoms with Crippen LogP contribution in [-0.4, -0.2) is 32.1 Å². The van der Waals surface area contributed by atoms with Crippen LogP contribution in [0.15, 0.2) is 42.5 Å². The van der Waals surface area contributed by atoms with Gasteiger partial charge in [0.25, 0.3) is 11.8 Å². The summed E-state index contributed by atoms with van der Waals surface area (Å²) in [5.74, 6) is -0.444. The maximum absolute atomic E-state index is 12.6. The van der Waals surface area contributed by atoms with E-state index in [4.69, 9.17) is 26.8 Å². The van der Waals surface area contributed by atoms with Crippen LogP contribution >= 0.6 is 11.6 Å². The van der Waals surface area contributed by atoms with E-state index in [-0.39, 0.29) is 34.5 Å². The second-order valence-corrected chi connectivity index (χ2v) is 6.98. The largest absolute Gasteiger partial charge is 0.493 e. The van der Waals surface area contributed by atoms with Gasteiger partial charge in [0.15, 0.2) is 18.1 Å². The molecule has 2 aromatic rings. The number of carbonyl (C=O) groups is 2. The van der Waals surface area contributed by atoms with Crippen LogP contribution in [0.4, 0.5) is 0 Å². The highest BCUT2D eigenvalue weighted by Crippen LogP contribution is 2.47. The molecule has 142 valence electrons. The number of methoxy groups -OCH3 is 1. The third-order valence-electron chi connectivity index (χ3n) is 4.68. The van der Waals surface area contributed by atoms with Gasteiger partial charge in [0.2, 0.25) is 0 Å². The first-order valence-corrected chi connectivity index (χ1v) is 8.95. The first-order chi connectivity index (χ1) is 12.9. The summed E-state index contributed by atoms with van der Waals surface area (Å²) in [6.45, 7) is 0.219. The summed E-state index contributed by atoms with van der Waals surface area (Å²) < 4.78 is 10.5. The van der Waals surface area contributed by atoms with E-state index < -0.39 is 5.91 Å². The molecule has 1 fully saturated rings. The van der Waals surface area contributed by atoms with E-state index in [9.17, 15) is 9.59 Å². The molecule has 0 spiro atoms. The average molecular weight is 389 g/mol. The van der Waals surface area contributed by atoms with Gasteiger partial charge in [-0.15, -0.1) is 0 Å². The van der Waals surface area contributed by atoms with Crippen LogP contribution in [0.25, 0.3) is 0 Å². The first kappa shape index (κ1) is 19.0. The van der Waals surface area contributed by atoms with E-state index in [0.717, 1.165) is 12.8 Å². The van der Waals surface area contributed by atoms with Crippen LogP contribution in [0.5, 0.6) is 11.5 Å². The van der Waals surface area contributed by atoms with Gasteiger partial charge >= 0.3 is 0 Å². The fourth-order valence-corrected chi connectivity index (χ4v) is 3.26. The summed E-state index contributed by atoms with van der Waals surface area (Å²) in [4.78, 5) is 23.5. The second kappa shape index (κ2) is 7.88. The summed E-state index contributed by atoms with van der Waals surface area (Å²) in [7, 11) is 1.43. The van der Waals surface area contributed by atoms with Crippen molar-refractivity contribution in [1.29, 1.82) is 0 Å². The number of primary amides is 1. The van der Waals surface area contributed by atoms with Gasteiger partial charge in [-0.2, -0.15) is 0 Å². The molecular weight excluding hydrogens is 368 g/mol. The van der Waals surface area contributed by atoms with Crippen molar-refractivity contribution in [1.82, 2.24) is 5.32 Å². The molecule has 0 atom stereocenters. The Morgan fingerprint density at radius 1 is 1.22 bits per heavy atom. The van der Waals surface area contributed by atoms with Crippen LogP contribution in [0.2, 0.25) is 5.02 Å². The topological polar surface area (TPSA) is 90.7 Å². The lowest BCUT2D eigenvalue weighted by molar-refractivity contribution is -0.119. The Balaban J connectivity index is 1.71. The monoisotopic (exact) mass is 388 g/mol. The van der Waals surface area contributed by atoms with Gasteiger partial charge in [0.05, 0.1) is 12.1 Å². The summed E-state index contributed by atoms with van der Waals surface area (Å²) in [6.07, 6.45) is 2.09. The molecule has 1 saturated carbocycles. The van der Waals surface area contributed by atoms with Gasteiger partial charge < -0.3 is 20.5 Å². The Kier molecular flexibility index (Phi) is 5.56. The molecule has 2 aromatic carbocycles. The highest BCUT2D eigenvalue weighted by atomic mass is 35.5. The standard InChI is InChI=1S/C20H21ClN2O4/c1-26-16-10-13(9-15(21)18(16)27-11-17(22)24)19(25)23-12-20(7-8-20)14-5-3-2-4-6-14/h2-6,9-10H,7-8,11-12H2,1H3,(H2,22,24)(H,23,25). The number of carbonyl (C=O) groups excluding carboxylic acids is 2. The quantitative estimate of drug-likeness (QED) is 0.727. The molecule has 3 rings (SSSR count). The minimum Gasteiger partial charge on any atom is -0.493 e. The lowest BCUT2D eigenvalue weighted by Crippen LogP contribution is -2.32. The van der Waals surface area contributed by atoms with E-state index in [1.165, 1.54) is 24.8 Å². The third-order valence-corrected chi connectivity index (χ3v) is 4.96. The van der Waals surface area contributed by atoms with Gasteiger partial charge in [-0.05, 0) is 30.5 Å². The maximum Gasteiger partial charge on any atom is 0.255 e. The number of nitrogens with one attached hydrogen (secondary N) is 1. The lowest BCUT2D eigenvalue weighted by atomic mass is 9.96. The van der Waals surface area contributed by atoms with Crippen molar-refractivity contribution in [2.75, 3.05) is 20.3 Å². The fourth-order valence-electron chi connectivity index (χ4n) is 3.00. The zero-order chi connectivity index (χ0) is 19.4. The molecule has 1 aliphatic carbocycles. The van der Waals surface area contributed by atoms with Crippen molar-refractivity contribution in [3.8, 4) is 11.5 Å². The van der Waals surface area contributed by atoms with Crippen molar-refractivity contribution < 1.29 is 19.1 Å². The Bertz CT molecular complexity index is 851. The minimum absolute atomic E-state index is 0.00927. The van der Waals surface area contributed by atoms with E-state index in [2.05, 4.69) is 17.4 Å². The van der Waals surface area contributed by atoms with Gasteiger partial charge in [0, 0.05) is 17.5 Å². The zero-order valence-electron chi connectivity index (χ0n) is 15.0. The highest BCUT2D eigenvalue weighted by Gasteiger charge is 2.44. The molecule has 2 amide bonds. The van der Waals surface area contributed by atoms with Crippen molar-refractivity contribution >= 4 is 23.4 Å². The Morgan fingerprint density at radius 2 is 1.93 bits per heavy atom. The SMILES string of the molecule is COc1cc(C(=O)NCC2(c3ccccc3)CC2)cc(Cl)c1OCC(N)=O. The van der Waals surface area contributed by atoms with Gasteiger partial charge in [-0.1, -0.05) is 41.9 Å². The summed E-state index contributed by atoms with van der Waals surface area (Å²) >= 11 is 6.20. The lowest BCUT2D eigenvalue weighted by Gasteiger charge is -2.17.